The number of aliphatic imine (C=N–C) groups is 1. The molecule has 1 atom stereocenters. The van der Waals surface area contributed by atoms with Gasteiger partial charge in [-0.15, -0.1) is 0 Å². The second-order valence-corrected chi connectivity index (χ2v) is 9.54. The fourth-order valence-electron chi connectivity index (χ4n) is 5.43. The molecular weight excluding hydrogens is 372 g/mol. The van der Waals surface area contributed by atoms with E-state index in [9.17, 15) is 0 Å². The Morgan fingerprint density at radius 1 is 0.967 bits per heavy atom. The highest BCUT2D eigenvalue weighted by Gasteiger charge is 2.37. The van der Waals surface area contributed by atoms with Gasteiger partial charge in [0.15, 0.2) is 6.29 Å². The van der Waals surface area contributed by atoms with Crippen LogP contribution >= 0.6 is 0 Å². The molecule has 1 saturated heterocycles. The number of hydrogen-bond acceptors (Lipinski definition) is 5. The van der Waals surface area contributed by atoms with Crippen LogP contribution in [0.3, 0.4) is 0 Å². The van der Waals surface area contributed by atoms with Crippen molar-refractivity contribution < 1.29 is 4.74 Å². The van der Waals surface area contributed by atoms with Gasteiger partial charge in [-0.3, -0.25) is 14.8 Å². The number of nitrogens with zero attached hydrogens (tertiary/aromatic N) is 4. The molecule has 0 aromatic heterocycles. The summed E-state index contributed by atoms with van der Waals surface area (Å²) < 4.78 is 5.62. The van der Waals surface area contributed by atoms with Crippen LogP contribution in [0.15, 0.2) is 40.5 Å². The first-order valence-electron chi connectivity index (χ1n) is 11.9. The first kappa shape index (κ1) is 20.2. The predicted molar refractivity (Wildman–Crippen MR) is 123 cm³/mol. The molecular formula is C25H36N4O. The first-order chi connectivity index (χ1) is 14.7. The molecule has 30 heavy (non-hydrogen) atoms. The van der Waals surface area contributed by atoms with Gasteiger partial charge in [-0.25, -0.2) is 0 Å². The molecule has 1 aromatic rings. The monoisotopic (exact) mass is 408 g/mol. The van der Waals surface area contributed by atoms with Crippen molar-refractivity contribution in [3.63, 3.8) is 0 Å². The maximum absolute atomic E-state index is 5.62. The summed E-state index contributed by atoms with van der Waals surface area (Å²) in [7, 11) is 0. The Labute approximate surface area is 181 Å². The van der Waals surface area contributed by atoms with E-state index in [4.69, 9.17) is 9.73 Å². The van der Waals surface area contributed by atoms with Gasteiger partial charge >= 0.3 is 0 Å². The number of ether oxygens (including phenoxy) is 1. The van der Waals surface area contributed by atoms with E-state index >= 15 is 0 Å². The van der Waals surface area contributed by atoms with E-state index in [0.29, 0.717) is 6.04 Å². The minimum atomic E-state index is 0.0419. The smallest absolute Gasteiger partial charge is 0.182 e. The Bertz CT molecular complexity index is 788. The van der Waals surface area contributed by atoms with Gasteiger partial charge < -0.3 is 9.64 Å². The Balaban J connectivity index is 1.44. The molecule has 5 rings (SSSR count). The summed E-state index contributed by atoms with van der Waals surface area (Å²) >= 11 is 0. The molecule has 1 aliphatic carbocycles. The van der Waals surface area contributed by atoms with Crippen LogP contribution < -0.4 is 4.90 Å². The molecule has 0 radical (unpaired) electrons. The highest BCUT2D eigenvalue weighted by atomic mass is 16.5. The summed E-state index contributed by atoms with van der Waals surface area (Å²) in [6, 6.07) is 10.0. The maximum atomic E-state index is 5.62. The molecule has 0 bridgehead atoms. The Hall–Kier alpha value is -1.69. The average Bonchev–Trinajstić information content (AvgIpc) is 3.25. The largest absolute Gasteiger partial charge is 0.379 e. The Kier molecular flexibility index (Phi) is 5.94. The Morgan fingerprint density at radius 3 is 2.40 bits per heavy atom. The van der Waals surface area contributed by atoms with Gasteiger partial charge in [0, 0.05) is 55.4 Å². The zero-order chi connectivity index (χ0) is 20.5. The zero-order valence-corrected chi connectivity index (χ0v) is 18.6. The summed E-state index contributed by atoms with van der Waals surface area (Å²) in [4.78, 5) is 12.6. The summed E-state index contributed by atoms with van der Waals surface area (Å²) in [5.74, 6) is 0.750. The third-order valence-corrected chi connectivity index (χ3v) is 7.33. The quantitative estimate of drug-likeness (QED) is 0.747. The van der Waals surface area contributed by atoms with Gasteiger partial charge in [-0.2, -0.15) is 0 Å². The summed E-state index contributed by atoms with van der Waals surface area (Å²) in [6.45, 7) is 10.1. The molecule has 0 N–H and O–H groups in total. The summed E-state index contributed by atoms with van der Waals surface area (Å²) in [6.07, 6.45) is 9.06. The topological polar surface area (TPSA) is 31.3 Å². The van der Waals surface area contributed by atoms with Crippen LogP contribution in [0.2, 0.25) is 0 Å². The fourth-order valence-corrected chi connectivity index (χ4v) is 5.43. The van der Waals surface area contributed by atoms with Crippen LogP contribution in [-0.2, 0) is 4.74 Å². The van der Waals surface area contributed by atoms with Gasteiger partial charge in [-0.05, 0) is 50.3 Å². The van der Waals surface area contributed by atoms with E-state index < -0.39 is 0 Å². The van der Waals surface area contributed by atoms with Crippen molar-refractivity contribution in [1.82, 2.24) is 9.80 Å². The van der Waals surface area contributed by atoms with Crippen molar-refractivity contribution in [2.45, 2.75) is 64.2 Å². The van der Waals surface area contributed by atoms with Crippen LogP contribution in [0.1, 0.15) is 57.4 Å². The highest BCUT2D eigenvalue weighted by Crippen LogP contribution is 2.36. The molecule has 3 heterocycles. The molecule has 2 fully saturated rings. The van der Waals surface area contributed by atoms with E-state index in [2.05, 4.69) is 59.0 Å². The van der Waals surface area contributed by atoms with Crippen molar-refractivity contribution >= 4 is 11.9 Å². The molecule has 1 unspecified atom stereocenters. The average molecular weight is 409 g/mol. The van der Waals surface area contributed by atoms with Gasteiger partial charge in [0.05, 0.1) is 13.2 Å². The molecule has 3 aliphatic heterocycles. The van der Waals surface area contributed by atoms with E-state index in [0.717, 1.165) is 45.3 Å². The predicted octanol–water partition coefficient (Wildman–Crippen LogP) is 4.22. The van der Waals surface area contributed by atoms with Crippen molar-refractivity contribution in [3.8, 4) is 0 Å². The summed E-state index contributed by atoms with van der Waals surface area (Å²) in [5, 5.41) is 0. The van der Waals surface area contributed by atoms with Gasteiger partial charge in [-0.1, -0.05) is 31.4 Å². The molecule has 1 saturated carbocycles. The molecule has 1 aromatic carbocycles. The Morgan fingerprint density at radius 2 is 1.70 bits per heavy atom. The molecule has 0 spiro atoms. The normalized spacial score (nSPS) is 26.6. The van der Waals surface area contributed by atoms with Gasteiger partial charge in [0.2, 0.25) is 0 Å². The molecule has 0 amide bonds. The van der Waals surface area contributed by atoms with Crippen LogP contribution in [0.25, 0.3) is 0 Å². The minimum absolute atomic E-state index is 0.0419. The third-order valence-electron chi connectivity index (χ3n) is 7.33. The van der Waals surface area contributed by atoms with Crippen LogP contribution in [-0.4, -0.2) is 67.7 Å². The van der Waals surface area contributed by atoms with Crippen molar-refractivity contribution in [2.75, 3.05) is 44.3 Å². The lowest BCUT2D eigenvalue weighted by atomic mass is 9.84. The van der Waals surface area contributed by atoms with Crippen molar-refractivity contribution in [3.05, 3.63) is 41.1 Å². The van der Waals surface area contributed by atoms with E-state index in [1.54, 1.807) is 0 Å². The number of anilines is 1. The van der Waals surface area contributed by atoms with Crippen LogP contribution in [0.5, 0.6) is 0 Å². The lowest BCUT2D eigenvalue weighted by Gasteiger charge is -2.42. The van der Waals surface area contributed by atoms with Crippen molar-refractivity contribution in [2.24, 2.45) is 4.99 Å². The number of benzene rings is 1. The zero-order valence-electron chi connectivity index (χ0n) is 18.6. The third kappa shape index (κ3) is 3.95. The maximum Gasteiger partial charge on any atom is 0.182 e. The second-order valence-electron chi connectivity index (χ2n) is 9.54. The SMILES string of the molecule is CC(C)N1CC2=C(C1)N(c1ccc(C3CCCCC3)cc1)C(N1CCOCC1)N=C2. The number of hydrogen-bond donors (Lipinski definition) is 0. The van der Waals surface area contributed by atoms with Crippen LogP contribution in [0, 0.1) is 0 Å². The van der Waals surface area contributed by atoms with E-state index in [1.807, 2.05) is 0 Å². The number of rotatable bonds is 4. The van der Waals surface area contributed by atoms with E-state index in [-0.39, 0.29) is 6.29 Å². The standard InChI is InChI=1S/C25H36N4O/c1-19(2)28-17-22-16-26-25(27-12-14-30-15-13-27)29(24(22)18-28)23-10-8-21(9-11-23)20-6-4-3-5-7-20/h8-11,16,19-20,25H,3-7,12-15,17-18H2,1-2H3. The molecule has 162 valence electrons. The van der Waals surface area contributed by atoms with Gasteiger partial charge in [0.25, 0.3) is 0 Å². The molecule has 5 nitrogen and oxygen atoms in total. The first-order valence-corrected chi connectivity index (χ1v) is 11.9. The second kappa shape index (κ2) is 8.81. The van der Waals surface area contributed by atoms with E-state index in [1.165, 1.54) is 54.6 Å². The van der Waals surface area contributed by atoms with Gasteiger partial charge in [0.1, 0.15) is 0 Å². The minimum Gasteiger partial charge on any atom is -0.379 e. The summed E-state index contributed by atoms with van der Waals surface area (Å²) in [5.41, 5.74) is 5.61. The van der Waals surface area contributed by atoms with Crippen molar-refractivity contribution in [1.29, 1.82) is 0 Å². The fraction of sp³-hybridized carbons (Fsp3) is 0.640. The lowest BCUT2D eigenvalue weighted by molar-refractivity contribution is 0.0187. The highest BCUT2D eigenvalue weighted by molar-refractivity contribution is 5.85. The van der Waals surface area contributed by atoms with Crippen LogP contribution in [0.4, 0.5) is 5.69 Å². The molecule has 4 aliphatic rings. The number of morpholine rings is 1. The lowest BCUT2D eigenvalue weighted by Crippen LogP contribution is -2.53. The molecule has 5 heteroatoms.